The lowest BCUT2D eigenvalue weighted by Crippen LogP contribution is -2.38. The largest absolute Gasteiger partial charge is 0.467 e. The smallest absolute Gasteiger partial charge is 0.205 e. The zero-order valence-corrected chi connectivity index (χ0v) is 12.6. The minimum Gasteiger partial charge on any atom is -0.467 e. The predicted octanol–water partition coefficient (Wildman–Crippen LogP) is 2.91. The van der Waals surface area contributed by atoms with Gasteiger partial charge in [-0.05, 0) is 18.1 Å². The molecule has 5 nitrogen and oxygen atoms in total. The van der Waals surface area contributed by atoms with E-state index in [0.717, 1.165) is 36.2 Å². The van der Waals surface area contributed by atoms with Crippen molar-refractivity contribution in [3.8, 4) is 0 Å². The van der Waals surface area contributed by atoms with Gasteiger partial charge in [0.25, 0.3) is 0 Å². The monoisotopic (exact) mass is 293 g/mol. The van der Waals surface area contributed by atoms with Crippen LogP contribution in [0.25, 0.3) is 0 Å². The van der Waals surface area contributed by atoms with Crippen molar-refractivity contribution in [1.29, 1.82) is 0 Å². The van der Waals surface area contributed by atoms with Gasteiger partial charge in [-0.3, -0.25) is 0 Å². The van der Waals surface area contributed by atoms with E-state index in [9.17, 15) is 0 Å². The Hall–Kier alpha value is -1.40. The highest BCUT2D eigenvalue weighted by Crippen LogP contribution is 2.27. The number of aromatic nitrogens is 2. The predicted molar refractivity (Wildman–Crippen MR) is 78.1 cm³/mol. The molecule has 2 aromatic rings. The summed E-state index contributed by atoms with van der Waals surface area (Å²) in [4.78, 5) is 6.87. The Morgan fingerprint density at radius 3 is 3.15 bits per heavy atom. The SMILES string of the molecule is CC(C)Cc1nsc(N2CCOC(c3ccco3)C2)n1. The first-order chi connectivity index (χ1) is 9.72. The van der Waals surface area contributed by atoms with Gasteiger partial charge in [0.2, 0.25) is 5.13 Å². The van der Waals surface area contributed by atoms with Crippen LogP contribution in [0.3, 0.4) is 0 Å². The van der Waals surface area contributed by atoms with Crippen LogP contribution in [0.4, 0.5) is 5.13 Å². The quantitative estimate of drug-likeness (QED) is 0.867. The van der Waals surface area contributed by atoms with E-state index >= 15 is 0 Å². The minimum absolute atomic E-state index is 0.0174. The zero-order chi connectivity index (χ0) is 13.9. The van der Waals surface area contributed by atoms with Gasteiger partial charge in [0.1, 0.15) is 17.7 Å². The average Bonchev–Trinajstić information content (AvgIpc) is 3.09. The van der Waals surface area contributed by atoms with Gasteiger partial charge < -0.3 is 14.1 Å². The third kappa shape index (κ3) is 3.02. The molecular weight excluding hydrogens is 274 g/mol. The van der Waals surface area contributed by atoms with Crippen LogP contribution in [0, 0.1) is 5.92 Å². The molecule has 1 aliphatic rings. The summed E-state index contributed by atoms with van der Waals surface area (Å²) in [5.41, 5.74) is 0. The molecule has 0 amide bonds. The molecule has 0 aromatic carbocycles. The van der Waals surface area contributed by atoms with Gasteiger partial charge in [0.05, 0.1) is 19.4 Å². The number of furan rings is 1. The molecule has 108 valence electrons. The van der Waals surface area contributed by atoms with Gasteiger partial charge in [-0.25, -0.2) is 4.98 Å². The molecule has 0 N–H and O–H groups in total. The van der Waals surface area contributed by atoms with Crippen molar-refractivity contribution in [3.63, 3.8) is 0 Å². The van der Waals surface area contributed by atoms with E-state index in [2.05, 4.69) is 28.1 Å². The molecule has 0 aliphatic carbocycles. The lowest BCUT2D eigenvalue weighted by Gasteiger charge is -2.31. The number of hydrogen-bond donors (Lipinski definition) is 0. The maximum atomic E-state index is 5.77. The molecule has 20 heavy (non-hydrogen) atoms. The van der Waals surface area contributed by atoms with Crippen molar-refractivity contribution < 1.29 is 9.15 Å². The highest BCUT2D eigenvalue weighted by atomic mass is 32.1. The highest BCUT2D eigenvalue weighted by Gasteiger charge is 2.26. The van der Waals surface area contributed by atoms with Crippen LogP contribution in [0.15, 0.2) is 22.8 Å². The molecule has 6 heteroatoms. The van der Waals surface area contributed by atoms with Gasteiger partial charge in [0.15, 0.2) is 0 Å². The number of morpholine rings is 1. The Kier molecular flexibility index (Phi) is 4.03. The number of ether oxygens (including phenoxy) is 1. The maximum absolute atomic E-state index is 5.77. The fourth-order valence-electron chi connectivity index (χ4n) is 2.29. The number of hydrogen-bond acceptors (Lipinski definition) is 6. The average molecular weight is 293 g/mol. The van der Waals surface area contributed by atoms with Crippen molar-refractivity contribution in [2.75, 3.05) is 24.6 Å². The molecule has 0 bridgehead atoms. The molecule has 1 fully saturated rings. The summed E-state index contributed by atoms with van der Waals surface area (Å²) in [7, 11) is 0. The number of anilines is 1. The van der Waals surface area contributed by atoms with Gasteiger partial charge >= 0.3 is 0 Å². The second-order valence-corrected chi connectivity index (χ2v) is 6.14. The molecular formula is C14H19N3O2S. The van der Waals surface area contributed by atoms with E-state index in [0.29, 0.717) is 12.5 Å². The standard InChI is InChI=1S/C14H19N3O2S/c1-10(2)8-13-15-14(20-16-13)17-5-7-19-12(9-17)11-4-3-6-18-11/h3-4,6,10,12H,5,7-9H2,1-2H3. The second kappa shape index (κ2) is 5.93. The molecule has 3 heterocycles. The highest BCUT2D eigenvalue weighted by molar-refractivity contribution is 7.09. The molecule has 1 atom stereocenters. The first kappa shape index (κ1) is 13.6. The van der Waals surface area contributed by atoms with Crippen LogP contribution in [0.1, 0.15) is 31.5 Å². The number of rotatable bonds is 4. The van der Waals surface area contributed by atoms with Crippen molar-refractivity contribution in [1.82, 2.24) is 9.36 Å². The molecule has 0 radical (unpaired) electrons. The first-order valence-electron chi connectivity index (χ1n) is 6.95. The Bertz CT molecular complexity index is 538. The third-order valence-corrected chi connectivity index (χ3v) is 4.06. The van der Waals surface area contributed by atoms with E-state index < -0.39 is 0 Å². The van der Waals surface area contributed by atoms with Crippen LogP contribution >= 0.6 is 11.5 Å². The molecule has 3 rings (SSSR count). The number of nitrogens with zero attached hydrogens (tertiary/aromatic N) is 3. The van der Waals surface area contributed by atoms with Crippen LogP contribution in [0.5, 0.6) is 0 Å². The summed E-state index contributed by atoms with van der Waals surface area (Å²) in [5.74, 6) is 2.40. The van der Waals surface area contributed by atoms with E-state index in [1.165, 1.54) is 11.5 Å². The lowest BCUT2D eigenvalue weighted by molar-refractivity contribution is 0.0257. The van der Waals surface area contributed by atoms with Crippen molar-refractivity contribution in [2.45, 2.75) is 26.4 Å². The minimum atomic E-state index is -0.0174. The first-order valence-corrected chi connectivity index (χ1v) is 7.72. The fourth-order valence-corrected chi connectivity index (χ4v) is 3.02. The van der Waals surface area contributed by atoms with Crippen LogP contribution < -0.4 is 4.90 Å². The summed E-state index contributed by atoms with van der Waals surface area (Å²) in [6.07, 6.45) is 2.60. The molecule has 1 unspecified atom stereocenters. The van der Waals surface area contributed by atoms with Gasteiger partial charge in [-0.15, -0.1) is 0 Å². The summed E-state index contributed by atoms with van der Waals surface area (Å²) in [6, 6.07) is 3.85. The topological polar surface area (TPSA) is 51.4 Å². The molecule has 2 aromatic heterocycles. The van der Waals surface area contributed by atoms with Gasteiger partial charge in [0, 0.05) is 24.5 Å². The summed E-state index contributed by atoms with van der Waals surface area (Å²) < 4.78 is 15.6. The Morgan fingerprint density at radius 1 is 1.50 bits per heavy atom. The summed E-state index contributed by atoms with van der Waals surface area (Å²) >= 11 is 1.48. The summed E-state index contributed by atoms with van der Waals surface area (Å²) in [5, 5.41) is 0.987. The molecule has 0 saturated carbocycles. The van der Waals surface area contributed by atoms with E-state index in [-0.39, 0.29) is 6.10 Å². The maximum Gasteiger partial charge on any atom is 0.205 e. The zero-order valence-electron chi connectivity index (χ0n) is 11.8. The lowest BCUT2D eigenvalue weighted by atomic mass is 10.1. The van der Waals surface area contributed by atoms with E-state index in [1.807, 2.05) is 12.1 Å². The van der Waals surface area contributed by atoms with Crippen molar-refractivity contribution >= 4 is 16.7 Å². The van der Waals surface area contributed by atoms with Crippen LogP contribution in [-0.4, -0.2) is 29.1 Å². The Labute approximate surface area is 122 Å². The Balaban J connectivity index is 1.69. The van der Waals surface area contributed by atoms with Crippen molar-refractivity contribution in [2.24, 2.45) is 5.92 Å². The normalized spacial score (nSPS) is 19.8. The molecule has 0 spiro atoms. The van der Waals surface area contributed by atoms with Crippen molar-refractivity contribution in [3.05, 3.63) is 30.0 Å². The fraction of sp³-hybridized carbons (Fsp3) is 0.571. The van der Waals surface area contributed by atoms with Crippen LogP contribution in [0.2, 0.25) is 0 Å². The van der Waals surface area contributed by atoms with Gasteiger partial charge in [-0.2, -0.15) is 4.37 Å². The third-order valence-electron chi connectivity index (χ3n) is 3.25. The molecule has 1 saturated heterocycles. The van der Waals surface area contributed by atoms with E-state index in [4.69, 9.17) is 9.15 Å². The summed E-state index contributed by atoms with van der Waals surface area (Å²) in [6.45, 7) is 6.67. The van der Waals surface area contributed by atoms with E-state index in [1.54, 1.807) is 6.26 Å². The van der Waals surface area contributed by atoms with Gasteiger partial charge in [-0.1, -0.05) is 13.8 Å². The van der Waals surface area contributed by atoms with Crippen LogP contribution in [-0.2, 0) is 11.2 Å². The molecule has 1 aliphatic heterocycles. The Morgan fingerprint density at radius 2 is 2.40 bits per heavy atom. The second-order valence-electron chi connectivity index (χ2n) is 5.41.